The summed E-state index contributed by atoms with van der Waals surface area (Å²) in [5.74, 6) is -0.102. The molecule has 3 aromatic rings. The Kier molecular flexibility index (Phi) is 6.17. The number of hydrogen-bond acceptors (Lipinski definition) is 6. The van der Waals surface area contributed by atoms with Crippen LogP contribution in [0, 0.1) is 13.8 Å². The van der Waals surface area contributed by atoms with Crippen molar-refractivity contribution in [2.24, 2.45) is 0 Å². The predicted molar refractivity (Wildman–Crippen MR) is 121 cm³/mol. The van der Waals surface area contributed by atoms with E-state index in [1.807, 2.05) is 10.9 Å². The lowest BCUT2D eigenvalue weighted by molar-refractivity contribution is 0.0391. The molecule has 4 rings (SSSR count). The van der Waals surface area contributed by atoms with Crippen molar-refractivity contribution < 1.29 is 9.53 Å². The van der Waals surface area contributed by atoms with E-state index in [4.69, 9.17) is 9.72 Å². The first kappa shape index (κ1) is 21.0. The monoisotopic (exact) mass is 427 g/mol. The van der Waals surface area contributed by atoms with Gasteiger partial charge in [-0.2, -0.15) is 5.10 Å². The van der Waals surface area contributed by atoms with Crippen LogP contribution in [0.2, 0.25) is 0 Å². The lowest BCUT2D eigenvalue weighted by atomic mass is 10.1. The zero-order chi connectivity index (χ0) is 21.3. The molecule has 0 spiro atoms. The van der Waals surface area contributed by atoms with Crippen LogP contribution in [0.1, 0.15) is 41.5 Å². The normalized spacial score (nSPS) is 15.2. The molecule has 0 atom stereocenters. The van der Waals surface area contributed by atoms with E-state index < -0.39 is 0 Å². The van der Waals surface area contributed by atoms with Gasteiger partial charge in [0.1, 0.15) is 0 Å². The number of benzene rings is 1. The van der Waals surface area contributed by atoms with Gasteiger partial charge in [0, 0.05) is 38.4 Å². The lowest BCUT2D eigenvalue weighted by Gasteiger charge is -2.29. The molecule has 1 amide bonds. The molecular weight excluding hydrogens is 398 g/mol. The molecular formula is C22H29N5O2S. The molecule has 0 radical (unpaired) electrons. The highest BCUT2D eigenvalue weighted by molar-refractivity contribution is 7.22. The van der Waals surface area contributed by atoms with Crippen molar-refractivity contribution in [1.29, 1.82) is 0 Å². The van der Waals surface area contributed by atoms with Crippen LogP contribution in [0.15, 0.2) is 24.4 Å². The third-order valence-electron chi connectivity index (χ3n) is 5.57. The molecule has 1 saturated heterocycles. The first-order chi connectivity index (χ1) is 14.4. The Hall–Kier alpha value is -2.29. The van der Waals surface area contributed by atoms with E-state index in [0.29, 0.717) is 12.2 Å². The number of morpholine rings is 1. The Bertz CT molecular complexity index is 997. The number of fused-ring (bicyclic) bond motifs is 1. The molecule has 1 aromatic carbocycles. The highest BCUT2D eigenvalue weighted by atomic mass is 32.1. The second kappa shape index (κ2) is 8.83. The largest absolute Gasteiger partial charge is 0.379 e. The summed E-state index contributed by atoms with van der Waals surface area (Å²) in [6, 6.07) is 6.26. The lowest BCUT2D eigenvalue weighted by Crippen LogP contribution is -2.43. The number of ether oxygens (including phenoxy) is 1. The van der Waals surface area contributed by atoms with Crippen LogP contribution in [0.3, 0.4) is 0 Å². The molecule has 7 nitrogen and oxygen atoms in total. The van der Waals surface area contributed by atoms with E-state index in [1.54, 1.807) is 22.3 Å². The maximum Gasteiger partial charge on any atom is 0.280 e. The predicted octanol–water partition coefficient (Wildman–Crippen LogP) is 3.67. The van der Waals surface area contributed by atoms with Crippen LogP contribution < -0.4 is 4.90 Å². The van der Waals surface area contributed by atoms with Crippen LogP contribution in [-0.4, -0.2) is 65.0 Å². The molecule has 0 N–H and O–H groups in total. The molecule has 2 aromatic heterocycles. The van der Waals surface area contributed by atoms with Gasteiger partial charge in [0.05, 0.1) is 23.4 Å². The van der Waals surface area contributed by atoms with Gasteiger partial charge in [0.2, 0.25) is 0 Å². The minimum absolute atomic E-state index is 0.102. The fraction of sp³-hybridized carbons (Fsp3) is 0.500. The van der Waals surface area contributed by atoms with Crippen molar-refractivity contribution in [1.82, 2.24) is 19.7 Å². The average molecular weight is 428 g/mol. The third-order valence-corrected chi connectivity index (χ3v) is 6.61. The minimum atomic E-state index is -0.102. The van der Waals surface area contributed by atoms with E-state index in [2.05, 4.69) is 49.8 Å². The molecule has 0 aliphatic carbocycles. The molecule has 0 saturated carbocycles. The summed E-state index contributed by atoms with van der Waals surface area (Å²) in [7, 11) is 0. The first-order valence-electron chi connectivity index (χ1n) is 10.5. The Balaban J connectivity index is 1.64. The Morgan fingerprint density at radius 1 is 1.23 bits per heavy atom. The van der Waals surface area contributed by atoms with Gasteiger partial charge in [0.25, 0.3) is 5.91 Å². The smallest absolute Gasteiger partial charge is 0.280 e. The van der Waals surface area contributed by atoms with Gasteiger partial charge in [0.15, 0.2) is 10.8 Å². The molecule has 30 heavy (non-hydrogen) atoms. The van der Waals surface area contributed by atoms with Crippen molar-refractivity contribution in [3.8, 4) is 0 Å². The van der Waals surface area contributed by atoms with E-state index in [1.165, 1.54) is 11.1 Å². The molecule has 0 unspecified atom stereocenters. The molecule has 3 heterocycles. The van der Waals surface area contributed by atoms with Crippen LogP contribution in [0.4, 0.5) is 5.13 Å². The number of aromatic nitrogens is 3. The molecule has 1 fully saturated rings. The Morgan fingerprint density at radius 3 is 2.67 bits per heavy atom. The number of amides is 1. The van der Waals surface area contributed by atoms with Crippen LogP contribution in [0.25, 0.3) is 10.2 Å². The molecule has 1 aliphatic rings. The number of hydrogen-bond donors (Lipinski definition) is 0. The van der Waals surface area contributed by atoms with Gasteiger partial charge in [-0.15, -0.1) is 0 Å². The molecule has 1 aliphatic heterocycles. The van der Waals surface area contributed by atoms with Crippen molar-refractivity contribution >= 4 is 32.6 Å². The van der Waals surface area contributed by atoms with Gasteiger partial charge < -0.3 is 4.74 Å². The summed E-state index contributed by atoms with van der Waals surface area (Å²) in [6.07, 6.45) is 1.86. The quantitative estimate of drug-likeness (QED) is 0.601. The second-order valence-corrected chi connectivity index (χ2v) is 9.10. The topological polar surface area (TPSA) is 63.5 Å². The molecule has 0 bridgehead atoms. The number of aryl methyl sites for hydroxylation is 2. The number of carbonyl (C=O) groups is 1. The van der Waals surface area contributed by atoms with Crippen molar-refractivity contribution in [2.45, 2.75) is 33.7 Å². The third kappa shape index (κ3) is 4.40. The van der Waals surface area contributed by atoms with E-state index >= 15 is 0 Å². The average Bonchev–Trinajstić information content (AvgIpc) is 3.37. The van der Waals surface area contributed by atoms with Gasteiger partial charge in [-0.3, -0.25) is 19.3 Å². The molecule has 160 valence electrons. The fourth-order valence-corrected chi connectivity index (χ4v) is 4.58. The zero-order valence-electron chi connectivity index (χ0n) is 18.1. The SMILES string of the molecule is Cc1cc2nc(N(CCN3CCOCC3)C(=O)c3ccn(C(C)C)n3)sc2cc1C. The first-order valence-corrected chi connectivity index (χ1v) is 11.3. The standard InChI is InChI=1S/C22H29N5O2S/c1-15(2)27-6-5-18(24-27)21(28)26(8-7-25-9-11-29-12-10-25)22-23-19-13-16(3)17(4)14-20(19)30-22/h5-6,13-15H,7-12H2,1-4H3. The van der Waals surface area contributed by atoms with Gasteiger partial charge in [-0.05, 0) is 57.0 Å². The van der Waals surface area contributed by atoms with Crippen molar-refractivity contribution in [3.05, 3.63) is 41.2 Å². The van der Waals surface area contributed by atoms with Gasteiger partial charge in [-0.25, -0.2) is 4.98 Å². The summed E-state index contributed by atoms with van der Waals surface area (Å²) in [6.45, 7) is 12.9. The Morgan fingerprint density at radius 2 is 1.97 bits per heavy atom. The highest BCUT2D eigenvalue weighted by Crippen LogP contribution is 2.31. The number of rotatable bonds is 6. The van der Waals surface area contributed by atoms with Gasteiger partial charge >= 0.3 is 0 Å². The van der Waals surface area contributed by atoms with E-state index in [0.717, 1.165) is 48.2 Å². The Labute approximate surface area is 181 Å². The summed E-state index contributed by atoms with van der Waals surface area (Å²) in [5.41, 5.74) is 3.84. The summed E-state index contributed by atoms with van der Waals surface area (Å²) in [5, 5.41) is 5.23. The van der Waals surface area contributed by atoms with Crippen LogP contribution in [0.5, 0.6) is 0 Å². The zero-order valence-corrected chi connectivity index (χ0v) is 18.9. The van der Waals surface area contributed by atoms with E-state index in [-0.39, 0.29) is 11.9 Å². The maximum absolute atomic E-state index is 13.4. The number of thiazole rings is 1. The number of carbonyl (C=O) groups excluding carboxylic acids is 1. The number of nitrogens with zero attached hydrogens (tertiary/aromatic N) is 5. The van der Waals surface area contributed by atoms with Crippen molar-refractivity contribution in [2.75, 3.05) is 44.3 Å². The summed E-state index contributed by atoms with van der Waals surface area (Å²) in [4.78, 5) is 22.4. The maximum atomic E-state index is 13.4. The fourth-order valence-electron chi connectivity index (χ4n) is 3.51. The number of anilines is 1. The summed E-state index contributed by atoms with van der Waals surface area (Å²) >= 11 is 1.57. The molecule has 8 heteroatoms. The second-order valence-electron chi connectivity index (χ2n) is 8.09. The van der Waals surface area contributed by atoms with Crippen molar-refractivity contribution in [3.63, 3.8) is 0 Å². The summed E-state index contributed by atoms with van der Waals surface area (Å²) < 4.78 is 8.37. The highest BCUT2D eigenvalue weighted by Gasteiger charge is 2.25. The van der Waals surface area contributed by atoms with E-state index in [9.17, 15) is 4.79 Å². The minimum Gasteiger partial charge on any atom is -0.379 e. The van der Waals surface area contributed by atoms with Crippen LogP contribution >= 0.6 is 11.3 Å². The van der Waals surface area contributed by atoms with Crippen LogP contribution in [-0.2, 0) is 4.74 Å². The van der Waals surface area contributed by atoms with Gasteiger partial charge in [-0.1, -0.05) is 11.3 Å².